The van der Waals surface area contributed by atoms with Crippen molar-refractivity contribution in [3.63, 3.8) is 0 Å². The van der Waals surface area contributed by atoms with E-state index in [1.54, 1.807) is 35.3 Å². The number of hydrogen-bond donors (Lipinski definition) is 1. The SMILES string of the molecule is CC/C(C)=C/C=C(\C)n1cnc(-c2cccc(C(=O)O)c2)n1. The van der Waals surface area contributed by atoms with Gasteiger partial charge < -0.3 is 5.11 Å². The third-order valence-corrected chi connectivity index (χ3v) is 3.39. The molecule has 0 aliphatic rings. The Hall–Kier alpha value is -2.69. The van der Waals surface area contributed by atoms with Crippen LogP contribution in [0, 0.1) is 0 Å². The van der Waals surface area contributed by atoms with Crippen molar-refractivity contribution < 1.29 is 9.90 Å². The monoisotopic (exact) mass is 297 g/mol. The maximum absolute atomic E-state index is 11.0. The quantitative estimate of drug-likeness (QED) is 0.851. The number of carbonyl (C=O) groups is 1. The second-order valence-electron chi connectivity index (χ2n) is 5.07. The third-order valence-electron chi connectivity index (χ3n) is 3.39. The van der Waals surface area contributed by atoms with E-state index in [0.717, 1.165) is 12.1 Å². The highest BCUT2D eigenvalue weighted by Crippen LogP contribution is 2.17. The lowest BCUT2D eigenvalue weighted by Gasteiger charge is -2.00. The minimum Gasteiger partial charge on any atom is -0.478 e. The van der Waals surface area contributed by atoms with Gasteiger partial charge in [0.25, 0.3) is 0 Å². The maximum Gasteiger partial charge on any atom is 0.335 e. The molecule has 0 spiro atoms. The molecule has 2 rings (SSSR count). The predicted octanol–water partition coefficient (Wildman–Crippen LogP) is 3.86. The lowest BCUT2D eigenvalue weighted by atomic mass is 10.1. The zero-order valence-corrected chi connectivity index (χ0v) is 12.9. The zero-order chi connectivity index (χ0) is 16.1. The number of aromatic nitrogens is 3. The van der Waals surface area contributed by atoms with E-state index in [2.05, 4.69) is 30.0 Å². The maximum atomic E-state index is 11.0. The Labute approximate surface area is 129 Å². The van der Waals surface area contributed by atoms with Crippen LogP contribution in [-0.2, 0) is 0 Å². The number of nitrogens with zero attached hydrogens (tertiary/aromatic N) is 3. The minimum atomic E-state index is -0.961. The van der Waals surface area contributed by atoms with Gasteiger partial charge in [0.1, 0.15) is 6.33 Å². The molecule has 0 saturated carbocycles. The molecule has 114 valence electrons. The summed E-state index contributed by atoms with van der Waals surface area (Å²) in [6.45, 7) is 6.14. The van der Waals surface area contributed by atoms with Crippen molar-refractivity contribution in [2.75, 3.05) is 0 Å². The van der Waals surface area contributed by atoms with Crippen molar-refractivity contribution in [3.05, 3.63) is 53.9 Å². The van der Waals surface area contributed by atoms with Gasteiger partial charge in [-0.15, -0.1) is 5.10 Å². The Morgan fingerprint density at radius 2 is 2.09 bits per heavy atom. The van der Waals surface area contributed by atoms with Crippen molar-refractivity contribution in [2.45, 2.75) is 27.2 Å². The summed E-state index contributed by atoms with van der Waals surface area (Å²) < 4.78 is 1.68. The summed E-state index contributed by atoms with van der Waals surface area (Å²) in [5.41, 5.74) is 3.14. The van der Waals surface area contributed by atoms with Crippen LogP contribution in [0.1, 0.15) is 37.6 Å². The van der Waals surface area contributed by atoms with E-state index in [4.69, 9.17) is 5.11 Å². The Kier molecular flexibility index (Phi) is 4.88. The number of benzene rings is 1. The fourth-order valence-corrected chi connectivity index (χ4v) is 1.81. The Balaban J connectivity index is 2.28. The van der Waals surface area contributed by atoms with E-state index < -0.39 is 5.97 Å². The molecule has 0 fully saturated rings. The largest absolute Gasteiger partial charge is 0.478 e. The van der Waals surface area contributed by atoms with Gasteiger partial charge in [0.15, 0.2) is 5.82 Å². The van der Waals surface area contributed by atoms with Crippen LogP contribution in [0.4, 0.5) is 0 Å². The van der Waals surface area contributed by atoms with Crippen molar-refractivity contribution in [1.29, 1.82) is 0 Å². The molecule has 1 heterocycles. The van der Waals surface area contributed by atoms with Gasteiger partial charge in [0.05, 0.1) is 5.56 Å². The van der Waals surface area contributed by atoms with Crippen LogP contribution < -0.4 is 0 Å². The van der Waals surface area contributed by atoms with Gasteiger partial charge in [-0.1, -0.05) is 30.7 Å². The Morgan fingerprint density at radius 1 is 1.32 bits per heavy atom. The lowest BCUT2D eigenvalue weighted by Crippen LogP contribution is -1.97. The van der Waals surface area contributed by atoms with Crippen LogP contribution in [-0.4, -0.2) is 25.8 Å². The van der Waals surface area contributed by atoms with Crippen LogP contribution in [0.5, 0.6) is 0 Å². The lowest BCUT2D eigenvalue weighted by molar-refractivity contribution is 0.0697. The predicted molar refractivity (Wildman–Crippen MR) is 86.4 cm³/mol. The first-order chi connectivity index (χ1) is 10.5. The van der Waals surface area contributed by atoms with Crippen molar-refractivity contribution in [2.24, 2.45) is 0 Å². The highest BCUT2D eigenvalue weighted by Gasteiger charge is 2.08. The summed E-state index contributed by atoms with van der Waals surface area (Å²) >= 11 is 0. The molecule has 0 radical (unpaired) electrons. The van der Waals surface area contributed by atoms with Gasteiger partial charge in [-0.2, -0.15) is 0 Å². The average molecular weight is 297 g/mol. The molecular formula is C17H19N3O2. The van der Waals surface area contributed by atoms with E-state index in [1.807, 2.05) is 13.0 Å². The van der Waals surface area contributed by atoms with Gasteiger partial charge >= 0.3 is 5.97 Å². The normalized spacial score (nSPS) is 12.5. The molecule has 1 aromatic heterocycles. The first-order valence-electron chi connectivity index (χ1n) is 7.11. The molecule has 0 amide bonds. The summed E-state index contributed by atoms with van der Waals surface area (Å²) in [6.07, 6.45) is 6.69. The van der Waals surface area contributed by atoms with Gasteiger partial charge in [-0.25, -0.2) is 14.5 Å². The minimum absolute atomic E-state index is 0.225. The standard InChI is InChI=1S/C17H19N3O2/c1-4-12(2)8-9-13(3)20-11-18-16(19-20)14-6-5-7-15(10-14)17(21)22/h5-11H,4H2,1-3H3,(H,21,22)/b12-8+,13-9+. The molecule has 5 nitrogen and oxygen atoms in total. The molecule has 0 aliphatic heterocycles. The van der Waals surface area contributed by atoms with Crippen LogP contribution in [0.25, 0.3) is 17.1 Å². The highest BCUT2D eigenvalue weighted by molar-refractivity contribution is 5.89. The smallest absolute Gasteiger partial charge is 0.335 e. The van der Waals surface area contributed by atoms with Crippen molar-refractivity contribution in [3.8, 4) is 11.4 Å². The number of hydrogen-bond acceptors (Lipinski definition) is 3. The first-order valence-corrected chi connectivity index (χ1v) is 7.11. The van der Waals surface area contributed by atoms with Crippen molar-refractivity contribution in [1.82, 2.24) is 14.8 Å². The molecule has 0 aliphatic carbocycles. The highest BCUT2D eigenvalue weighted by atomic mass is 16.4. The number of carboxylic acid groups (broad SMARTS) is 1. The molecule has 0 bridgehead atoms. The van der Waals surface area contributed by atoms with Gasteiger partial charge in [0, 0.05) is 11.3 Å². The van der Waals surface area contributed by atoms with Crippen LogP contribution in [0.15, 0.2) is 48.3 Å². The summed E-state index contributed by atoms with van der Waals surface area (Å²) in [5.74, 6) is -0.454. The average Bonchev–Trinajstić information content (AvgIpc) is 3.02. The zero-order valence-electron chi connectivity index (χ0n) is 12.9. The van der Waals surface area contributed by atoms with E-state index in [0.29, 0.717) is 11.4 Å². The van der Waals surface area contributed by atoms with Crippen LogP contribution in [0.2, 0.25) is 0 Å². The second-order valence-corrected chi connectivity index (χ2v) is 5.07. The molecule has 22 heavy (non-hydrogen) atoms. The number of allylic oxidation sites excluding steroid dienone is 4. The van der Waals surface area contributed by atoms with E-state index >= 15 is 0 Å². The summed E-state index contributed by atoms with van der Waals surface area (Å²) in [7, 11) is 0. The van der Waals surface area contributed by atoms with E-state index in [9.17, 15) is 4.79 Å². The van der Waals surface area contributed by atoms with E-state index in [-0.39, 0.29) is 5.56 Å². The van der Waals surface area contributed by atoms with E-state index in [1.165, 1.54) is 5.57 Å². The molecular weight excluding hydrogens is 278 g/mol. The van der Waals surface area contributed by atoms with Gasteiger partial charge in [-0.3, -0.25) is 0 Å². The Morgan fingerprint density at radius 3 is 2.77 bits per heavy atom. The molecule has 1 aromatic carbocycles. The summed E-state index contributed by atoms with van der Waals surface area (Å²) in [5, 5.41) is 13.4. The summed E-state index contributed by atoms with van der Waals surface area (Å²) in [6, 6.07) is 6.61. The van der Waals surface area contributed by atoms with Crippen LogP contribution in [0.3, 0.4) is 0 Å². The Bertz CT molecular complexity index is 742. The molecule has 2 aromatic rings. The molecule has 0 unspecified atom stereocenters. The molecule has 0 atom stereocenters. The fraction of sp³-hybridized carbons (Fsp3) is 0.235. The molecule has 0 saturated heterocycles. The van der Waals surface area contributed by atoms with Crippen molar-refractivity contribution >= 4 is 11.7 Å². The number of aromatic carboxylic acids is 1. The summed E-state index contributed by atoms with van der Waals surface area (Å²) in [4.78, 5) is 15.3. The fourth-order valence-electron chi connectivity index (χ4n) is 1.81. The third kappa shape index (κ3) is 3.69. The molecule has 1 N–H and O–H groups in total. The molecule has 5 heteroatoms. The van der Waals surface area contributed by atoms with Gasteiger partial charge in [0.2, 0.25) is 0 Å². The first kappa shape index (κ1) is 15.7. The number of carboxylic acids is 1. The second kappa shape index (κ2) is 6.85. The van der Waals surface area contributed by atoms with Crippen LogP contribution >= 0.6 is 0 Å². The number of rotatable bonds is 5. The topological polar surface area (TPSA) is 68.0 Å². The van der Waals surface area contributed by atoms with Gasteiger partial charge in [-0.05, 0) is 38.5 Å².